The summed E-state index contributed by atoms with van der Waals surface area (Å²) in [6, 6.07) is 9.47. The van der Waals surface area contributed by atoms with Crippen molar-refractivity contribution in [1.82, 2.24) is 5.43 Å². The van der Waals surface area contributed by atoms with Crippen molar-refractivity contribution in [2.75, 3.05) is 0 Å². The van der Waals surface area contributed by atoms with Gasteiger partial charge in [-0.05, 0) is 43.5 Å². The maximum atomic E-state index is 13.7. The number of nitrogens with two attached hydrogens (primary N) is 1. The fourth-order valence-electron chi connectivity index (χ4n) is 2.41. The molecule has 0 saturated carbocycles. The third-order valence-electron chi connectivity index (χ3n) is 3.47. The van der Waals surface area contributed by atoms with Gasteiger partial charge in [0, 0.05) is 5.56 Å². The summed E-state index contributed by atoms with van der Waals surface area (Å²) in [5.41, 5.74) is 5.83. The molecular weight excluding hydrogens is 258 g/mol. The Morgan fingerprint density at radius 1 is 1.10 bits per heavy atom. The van der Waals surface area contributed by atoms with Gasteiger partial charge in [-0.25, -0.2) is 8.78 Å². The summed E-state index contributed by atoms with van der Waals surface area (Å²) in [6.45, 7) is 3.96. The normalized spacial score (nSPS) is 12.4. The fraction of sp³-hybridized carbons (Fsp3) is 0.250. The highest BCUT2D eigenvalue weighted by Crippen LogP contribution is 2.24. The molecule has 4 heteroatoms. The molecule has 2 aromatic rings. The van der Waals surface area contributed by atoms with Gasteiger partial charge in [-0.1, -0.05) is 29.8 Å². The van der Waals surface area contributed by atoms with Crippen molar-refractivity contribution in [3.63, 3.8) is 0 Å². The van der Waals surface area contributed by atoms with Gasteiger partial charge in [0.05, 0.1) is 6.04 Å². The van der Waals surface area contributed by atoms with Crippen LogP contribution in [0.3, 0.4) is 0 Å². The molecule has 0 saturated heterocycles. The molecule has 0 aliphatic carbocycles. The highest BCUT2D eigenvalue weighted by Gasteiger charge is 2.17. The van der Waals surface area contributed by atoms with Crippen LogP contribution < -0.4 is 11.3 Å². The first kappa shape index (κ1) is 14.6. The summed E-state index contributed by atoms with van der Waals surface area (Å²) in [7, 11) is 0. The Bertz CT molecular complexity index is 591. The third-order valence-corrected chi connectivity index (χ3v) is 3.47. The molecule has 0 heterocycles. The quantitative estimate of drug-likeness (QED) is 0.664. The van der Waals surface area contributed by atoms with Crippen LogP contribution in [-0.2, 0) is 6.42 Å². The Hall–Kier alpha value is -1.78. The molecular formula is C16H18F2N2. The second-order valence-electron chi connectivity index (χ2n) is 4.98. The van der Waals surface area contributed by atoms with Gasteiger partial charge in [0.1, 0.15) is 11.6 Å². The predicted octanol–water partition coefficient (Wildman–Crippen LogP) is 3.33. The summed E-state index contributed by atoms with van der Waals surface area (Å²) in [4.78, 5) is 0. The molecule has 2 aromatic carbocycles. The molecule has 3 N–H and O–H groups in total. The summed E-state index contributed by atoms with van der Waals surface area (Å²) in [5, 5.41) is 0. The fourth-order valence-corrected chi connectivity index (χ4v) is 2.41. The van der Waals surface area contributed by atoms with Crippen LogP contribution in [0.15, 0.2) is 36.4 Å². The lowest BCUT2D eigenvalue weighted by atomic mass is 9.94. The topological polar surface area (TPSA) is 38.0 Å². The van der Waals surface area contributed by atoms with E-state index in [4.69, 9.17) is 5.84 Å². The zero-order chi connectivity index (χ0) is 14.7. The number of halogens is 2. The molecule has 1 atom stereocenters. The molecule has 0 radical (unpaired) electrons. The number of rotatable bonds is 4. The SMILES string of the molecule is Cc1ccc(C(Cc2c(F)cccc2F)NN)c(C)c1. The lowest BCUT2D eigenvalue weighted by molar-refractivity contribution is 0.498. The summed E-state index contributed by atoms with van der Waals surface area (Å²) >= 11 is 0. The Kier molecular flexibility index (Phi) is 4.47. The molecule has 0 aliphatic heterocycles. The zero-order valence-corrected chi connectivity index (χ0v) is 11.6. The second-order valence-corrected chi connectivity index (χ2v) is 4.98. The van der Waals surface area contributed by atoms with Gasteiger partial charge in [-0.3, -0.25) is 11.3 Å². The summed E-state index contributed by atoms with van der Waals surface area (Å²) < 4.78 is 27.4. The van der Waals surface area contributed by atoms with Gasteiger partial charge in [0.25, 0.3) is 0 Å². The molecule has 0 spiro atoms. The minimum Gasteiger partial charge on any atom is -0.271 e. The summed E-state index contributed by atoms with van der Waals surface area (Å²) in [6.07, 6.45) is 0.166. The van der Waals surface area contributed by atoms with E-state index in [2.05, 4.69) is 5.43 Å². The first-order valence-corrected chi connectivity index (χ1v) is 6.49. The van der Waals surface area contributed by atoms with Crippen molar-refractivity contribution in [1.29, 1.82) is 0 Å². The van der Waals surface area contributed by atoms with E-state index in [0.29, 0.717) is 0 Å². The molecule has 0 aromatic heterocycles. The number of nitrogens with one attached hydrogen (secondary N) is 1. The molecule has 1 unspecified atom stereocenters. The molecule has 0 fully saturated rings. The average Bonchev–Trinajstić information content (AvgIpc) is 2.40. The zero-order valence-electron chi connectivity index (χ0n) is 11.6. The van der Waals surface area contributed by atoms with Crippen molar-refractivity contribution >= 4 is 0 Å². The number of hydrogen-bond acceptors (Lipinski definition) is 2. The Morgan fingerprint density at radius 3 is 2.30 bits per heavy atom. The predicted molar refractivity (Wildman–Crippen MR) is 76.0 cm³/mol. The van der Waals surface area contributed by atoms with Crippen molar-refractivity contribution in [2.45, 2.75) is 26.3 Å². The van der Waals surface area contributed by atoms with Gasteiger partial charge < -0.3 is 0 Å². The molecule has 0 aliphatic rings. The van der Waals surface area contributed by atoms with Crippen molar-refractivity contribution in [2.24, 2.45) is 5.84 Å². The first-order valence-electron chi connectivity index (χ1n) is 6.49. The molecule has 0 bridgehead atoms. The Balaban J connectivity index is 2.34. The highest BCUT2D eigenvalue weighted by molar-refractivity contribution is 5.34. The van der Waals surface area contributed by atoms with Gasteiger partial charge in [-0.15, -0.1) is 0 Å². The number of hydrazine groups is 1. The van der Waals surface area contributed by atoms with Crippen LogP contribution in [0.1, 0.15) is 28.3 Å². The largest absolute Gasteiger partial charge is 0.271 e. The molecule has 20 heavy (non-hydrogen) atoms. The smallest absolute Gasteiger partial charge is 0.129 e. The van der Waals surface area contributed by atoms with Crippen molar-refractivity contribution in [3.05, 3.63) is 70.3 Å². The van der Waals surface area contributed by atoms with Gasteiger partial charge in [-0.2, -0.15) is 0 Å². The van der Waals surface area contributed by atoms with E-state index in [-0.39, 0.29) is 18.0 Å². The highest BCUT2D eigenvalue weighted by atomic mass is 19.1. The lowest BCUT2D eigenvalue weighted by Gasteiger charge is -2.19. The van der Waals surface area contributed by atoms with E-state index in [9.17, 15) is 8.78 Å². The Morgan fingerprint density at radius 2 is 1.75 bits per heavy atom. The second kappa shape index (κ2) is 6.11. The molecule has 2 rings (SSSR count). The number of benzene rings is 2. The van der Waals surface area contributed by atoms with Crippen molar-refractivity contribution < 1.29 is 8.78 Å². The monoisotopic (exact) mass is 276 g/mol. The van der Waals surface area contributed by atoms with Crippen LogP contribution in [-0.4, -0.2) is 0 Å². The van der Waals surface area contributed by atoms with Gasteiger partial charge in [0.2, 0.25) is 0 Å². The molecule has 106 valence electrons. The van der Waals surface area contributed by atoms with Crippen LogP contribution >= 0.6 is 0 Å². The van der Waals surface area contributed by atoms with Crippen LogP contribution in [0.25, 0.3) is 0 Å². The van der Waals surface area contributed by atoms with Gasteiger partial charge >= 0.3 is 0 Å². The van der Waals surface area contributed by atoms with E-state index < -0.39 is 11.6 Å². The Labute approximate surface area is 117 Å². The standard InChI is InChI=1S/C16H18F2N2/c1-10-6-7-12(11(2)8-10)16(20-19)9-13-14(17)4-3-5-15(13)18/h3-8,16,20H,9,19H2,1-2H3. The van der Waals surface area contributed by atoms with E-state index in [0.717, 1.165) is 16.7 Å². The van der Waals surface area contributed by atoms with E-state index in [1.54, 1.807) is 0 Å². The third kappa shape index (κ3) is 3.03. The van der Waals surface area contributed by atoms with E-state index in [1.807, 2.05) is 32.0 Å². The average molecular weight is 276 g/mol. The lowest BCUT2D eigenvalue weighted by Crippen LogP contribution is -2.30. The maximum absolute atomic E-state index is 13.7. The van der Waals surface area contributed by atoms with Crippen LogP contribution in [0.5, 0.6) is 0 Å². The minimum absolute atomic E-state index is 0.0513. The van der Waals surface area contributed by atoms with E-state index >= 15 is 0 Å². The van der Waals surface area contributed by atoms with Crippen molar-refractivity contribution in [3.8, 4) is 0 Å². The molecule has 2 nitrogen and oxygen atoms in total. The molecule has 0 amide bonds. The van der Waals surface area contributed by atoms with Crippen LogP contribution in [0.2, 0.25) is 0 Å². The van der Waals surface area contributed by atoms with Crippen LogP contribution in [0.4, 0.5) is 8.78 Å². The minimum atomic E-state index is -0.546. The summed E-state index contributed by atoms with van der Waals surface area (Å²) in [5.74, 6) is 4.47. The van der Waals surface area contributed by atoms with E-state index in [1.165, 1.54) is 18.2 Å². The number of aryl methyl sites for hydroxylation is 2. The van der Waals surface area contributed by atoms with Crippen LogP contribution in [0, 0.1) is 25.5 Å². The maximum Gasteiger partial charge on any atom is 0.129 e. The van der Waals surface area contributed by atoms with Gasteiger partial charge in [0.15, 0.2) is 0 Å². The first-order chi connectivity index (χ1) is 9.52. The number of hydrogen-bond donors (Lipinski definition) is 2.